The lowest BCUT2D eigenvalue weighted by atomic mass is 10.1. The van der Waals surface area contributed by atoms with Gasteiger partial charge in [-0.3, -0.25) is 10.4 Å². The van der Waals surface area contributed by atoms with Crippen molar-refractivity contribution >= 4 is 11.6 Å². The zero-order chi connectivity index (χ0) is 14.9. The van der Waals surface area contributed by atoms with Crippen LogP contribution in [-0.2, 0) is 11.2 Å². The zero-order valence-corrected chi connectivity index (χ0v) is 12.8. The largest absolute Gasteiger partial charge is 0.382 e. The van der Waals surface area contributed by atoms with Crippen LogP contribution >= 0.6 is 0 Å². The van der Waals surface area contributed by atoms with Gasteiger partial charge in [0.1, 0.15) is 0 Å². The third-order valence-corrected chi connectivity index (χ3v) is 3.66. The Kier molecular flexibility index (Phi) is 6.50. The minimum absolute atomic E-state index is 0.720. The minimum atomic E-state index is 0.720. The standard InChI is InChI=1S/C16H26N4O/c1-2-21-13-7-11-18-16(19-17)20-12-6-5-9-14-8-3-4-10-15(14)20/h3-4,8,10H,2,5-7,9,11-13,17H2,1H3,(H,18,19). The van der Waals surface area contributed by atoms with Crippen molar-refractivity contribution in [3.05, 3.63) is 29.8 Å². The molecule has 1 aliphatic rings. The van der Waals surface area contributed by atoms with Crippen molar-refractivity contribution < 1.29 is 4.74 Å². The molecule has 21 heavy (non-hydrogen) atoms. The Hall–Kier alpha value is -1.59. The van der Waals surface area contributed by atoms with Gasteiger partial charge in [0.15, 0.2) is 0 Å². The first kappa shape index (κ1) is 15.8. The summed E-state index contributed by atoms with van der Waals surface area (Å²) in [7, 11) is 0. The number of nitrogens with one attached hydrogen (secondary N) is 1. The van der Waals surface area contributed by atoms with Crippen LogP contribution in [0.5, 0.6) is 0 Å². The number of aryl methyl sites for hydroxylation is 1. The van der Waals surface area contributed by atoms with Gasteiger partial charge in [-0.05, 0) is 44.2 Å². The molecule has 0 aromatic heterocycles. The Morgan fingerprint density at radius 2 is 2.24 bits per heavy atom. The van der Waals surface area contributed by atoms with Gasteiger partial charge in [-0.2, -0.15) is 0 Å². The molecule has 0 spiro atoms. The molecule has 0 atom stereocenters. The van der Waals surface area contributed by atoms with E-state index in [9.17, 15) is 0 Å². The van der Waals surface area contributed by atoms with E-state index in [4.69, 9.17) is 10.6 Å². The van der Waals surface area contributed by atoms with E-state index in [0.717, 1.165) is 51.5 Å². The summed E-state index contributed by atoms with van der Waals surface area (Å²) in [5, 5.41) is 0. The molecule has 5 nitrogen and oxygen atoms in total. The van der Waals surface area contributed by atoms with Crippen LogP contribution in [0.25, 0.3) is 0 Å². The van der Waals surface area contributed by atoms with Crippen LogP contribution in [0, 0.1) is 0 Å². The van der Waals surface area contributed by atoms with Crippen LogP contribution in [0.15, 0.2) is 29.3 Å². The Bertz CT molecular complexity index is 461. The van der Waals surface area contributed by atoms with Crippen molar-refractivity contribution in [2.24, 2.45) is 10.8 Å². The molecule has 5 heteroatoms. The average Bonchev–Trinajstić information content (AvgIpc) is 2.74. The van der Waals surface area contributed by atoms with Crippen LogP contribution < -0.4 is 16.2 Å². The monoisotopic (exact) mass is 290 g/mol. The molecule has 1 heterocycles. The number of hydrazine groups is 1. The maximum atomic E-state index is 5.70. The van der Waals surface area contributed by atoms with Crippen molar-refractivity contribution in [1.29, 1.82) is 0 Å². The van der Waals surface area contributed by atoms with Gasteiger partial charge in [0, 0.05) is 32.0 Å². The number of hydrogen-bond acceptors (Lipinski definition) is 3. The highest BCUT2D eigenvalue weighted by Crippen LogP contribution is 2.25. The van der Waals surface area contributed by atoms with Gasteiger partial charge in [-0.1, -0.05) is 18.2 Å². The first-order chi connectivity index (χ1) is 10.4. The summed E-state index contributed by atoms with van der Waals surface area (Å²) in [6.07, 6.45) is 4.38. The third kappa shape index (κ3) is 4.44. The summed E-state index contributed by atoms with van der Waals surface area (Å²) >= 11 is 0. The molecule has 0 radical (unpaired) electrons. The molecular weight excluding hydrogens is 264 g/mol. The van der Waals surface area contributed by atoms with Gasteiger partial charge in [0.2, 0.25) is 5.96 Å². The van der Waals surface area contributed by atoms with Crippen LogP contribution in [-0.4, -0.2) is 32.3 Å². The molecule has 0 bridgehead atoms. The van der Waals surface area contributed by atoms with Gasteiger partial charge < -0.3 is 9.64 Å². The predicted octanol–water partition coefficient (Wildman–Crippen LogP) is 2.08. The topological polar surface area (TPSA) is 62.9 Å². The van der Waals surface area contributed by atoms with Crippen LogP contribution in [0.4, 0.5) is 5.69 Å². The SMILES string of the molecule is CCOCCCN=C(NN)N1CCCCc2ccccc21. The first-order valence-corrected chi connectivity index (χ1v) is 7.81. The van der Waals surface area contributed by atoms with Gasteiger partial charge >= 0.3 is 0 Å². The fourth-order valence-corrected chi connectivity index (χ4v) is 2.62. The number of para-hydroxylation sites is 1. The summed E-state index contributed by atoms with van der Waals surface area (Å²) < 4.78 is 5.34. The molecule has 0 saturated heterocycles. The summed E-state index contributed by atoms with van der Waals surface area (Å²) in [6, 6.07) is 8.50. The number of aliphatic imine (C=N–C) groups is 1. The Morgan fingerprint density at radius 1 is 1.38 bits per heavy atom. The van der Waals surface area contributed by atoms with Gasteiger partial charge in [0.25, 0.3) is 0 Å². The molecule has 0 aliphatic carbocycles. The number of rotatable bonds is 5. The highest BCUT2D eigenvalue weighted by atomic mass is 16.5. The van der Waals surface area contributed by atoms with Gasteiger partial charge in [0.05, 0.1) is 0 Å². The quantitative estimate of drug-likeness (QED) is 0.286. The van der Waals surface area contributed by atoms with Crippen molar-refractivity contribution in [2.75, 3.05) is 31.2 Å². The van der Waals surface area contributed by atoms with E-state index in [0.29, 0.717) is 0 Å². The molecule has 1 aliphatic heterocycles. The van der Waals surface area contributed by atoms with E-state index in [1.54, 1.807) is 0 Å². The number of ether oxygens (including phenoxy) is 1. The van der Waals surface area contributed by atoms with E-state index in [2.05, 4.69) is 39.6 Å². The lowest BCUT2D eigenvalue weighted by molar-refractivity contribution is 0.146. The third-order valence-electron chi connectivity index (χ3n) is 3.66. The Morgan fingerprint density at radius 3 is 3.05 bits per heavy atom. The lowest BCUT2D eigenvalue weighted by Crippen LogP contribution is -2.45. The van der Waals surface area contributed by atoms with E-state index in [1.165, 1.54) is 17.7 Å². The average molecular weight is 290 g/mol. The number of nitrogens with two attached hydrogens (primary N) is 1. The number of anilines is 1. The molecule has 0 unspecified atom stereocenters. The van der Waals surface area contributed by atoms with Gasteiger partial charge in [-0.15, -0.1) is 0 Å². The number of nitrogens with zero attached hydrogens (tertiary/aromatic N) is 2. The maximum Gasteiger partial charge on any atom is 0.212 e. The van der Waals surface area contributed by atoms with Crippen LogP contribution in [0.1, 0.15) is 31.7 Å². The molecule has 0 fully saturated rings. The summed E-state index contributed by atoms with van der Waals surface area (Å²) in [5.41, 5.74) is 5.35. The van der Waals surface area contributed by atoms with Crippen LogP contribution in [0.2, 0.25) is 0 Å². The fourth-order valence-electron chi connectivity index (χ4n) is 2.62. The maximum absolute atomic E-state index is 5.70. The van der Waals surface area contributed by atoms with E-state index in [1.807, 2.05) is 6.92 Å². The summed E-state index contributed by atoms with van der Waals surface area (Å²) in [4.78, 5) is 6.80. The molecule has 0 saturated carbocycles. The number of guanidine groups is 1. The molecule has 2 rings (SSSR count). The van der Waals surface area contributed by atoms with Crippen molar-refractivity contribution in [1.82, 2.24) is 5.43 Å². The molecule has 0 amide bonds. The Labute approximate surface area is 127 Å². The summed E-state index contributed by atoms with van der Waals surface area (Å²) in [5.74, 6) is 6.45. The second-order valence-electron chi connectivity index (χ2n) is 5.14. The molecule has 116 valence electrons. The Balaban J connectivity index is 2.08. The van der Waals surface area contributed by atoms with Crippen molar-refractivity contribution in [3.8, 4) is 0 Å². The molecule has 3 N–H and O–H groups in total. The second-order valence-corrected chi connectivity index (χ2v) is 5.14. The van der Waals surface area contributed by atoms with E-state index >= 15 is 0 Å². The zero-order valence-electron chi connectivity index (χ0n) is 12.8. The second kappa shape index (κ2) is 8.64. The molecule has 1 aromatic rings. The highest BCUT2D eigenvalue weighted by Gasteiger charge is 2.18. The highest BCUT2D eigenvalue weighted by molar-refractivity contribution is 5.96. The summed E-state index contributed by atoms with van der Waals surface area (Å²) in [6.45, 7) is 5.17. The van der Waals surface area contributed by atoms with E-state index < -0.39 is 0 Å². The van der Waals surface area contributed by atoms with Crippen LogP contribution in [0.3, 0.4) is 0 Å². The number of benzene rings is 1. The predicted molar refractivity (Wildman–Crippen MR) is 87.5 cm³/mol. The number of hydrogen-bond donors (Lipinski definition) is 2. The smallest absolute Gasteiger partial charge is 0.212 e. The fraction of sp³-hybridized carbons (Fsp3) is 0.562. The molecule has 1 aromatic carbocycles. The van der Waals surface area contributed by atoms with E-state index in [-0.39, 0.29) is 0 Å². The lowest BCUT2D eigenvalue weighted by Gasteiger charge is -2.25. The normalized spacial score (nSPS) is 15.5. The minimum Gasteiger partial charge on any atom is -0.382 e. The van der Waals surface area contributed by atoms with Crippen molar-refractivity contribution in [3.63, 3.8) is 0 Å². The molecular formula is C16H26N4O. The van der Waals surface area contributed by atoms with Crippen molar-refractivity contribution in [2.45, 2.75) is 32.6 Å². The number of fused-ring (bicyclic) bond motifs is 1. The first-order valence-electron chi connectivity index (χ1n) is 7.81. The van der Waals surface area contributed by atoms with Gasteiger partial charge in [-0.25, -0.2) is 5.84 Å².